The molecular weight excluding hydrogens is 394 g/mol. The monoisotopic (exact) mass is 416 g/mol. The molecule has 2 aromatic carbocycles. The van der Waals surface area contributed by atoms with Crippen molar-refractivity contribution in [3.05, 3.63) is 76.4 Å². The first-order chi connectivity index (χ1) is 14.2. The lowest BCUT2D eigenvalue weighted by atomic mass is 9.66. The van der Waals surface area contributed by atoms with Crippen LogP contribution in [0.25, 0.3) is 6.08 Å². The topological polar surface area (TPSA) is 69.1 Å². The molecule has 0 aromatic heterocycles. The summed E-state index contributed by atoms with van der Waals surface area (Å²) in [5.74, 6) is -0.536. The molecule has 2 aromatic rings. The van der Waals surface area contributed by atoms with E-state index in [1.165, 1.54) is 0 Å². The van der Waals surface area contributed by atoms with Crippen LogP contribution in [0, 0.1) is 33.5 Å². The average molecular weight is 417 g/mol. The van der Waals surface area contributed by atoms with Gasteiger partial charge in [-0.15, -0.1) is 0 Å². The number of benzene rings is 2. The maximum atomic E-state index is 13.7. The van der Waals surface area contributed by atoms with Gasteiger partial charge in [0, 0.05) is 16.0 Å². The molecule has 150 valence electrons. The highest BCUT2D eigenvalue weighted by atomic mass is 35.5. The lowest BCUT2D eigenvalue weighted by Crippen LogP contribution is -3.12. The van der Waals surface area contributed by atoms with Gasteiger partial charge in [0.15, 0.2) is 17.9 Å². The zero-order valence-corrected chi connectivity index (χ0v) is 17.9. The van der Waals surface area contributed by atoms with E-state index in [4.69, 9.17) is 11.6 Å². The number of nitrogens with zero attached hydrogens (tertiary/aromatic N) is 2. The average Bonchev–Trinajstić information content (AvgIpc) is 3.04. The number of carbonyl (C=O) groups excluding carboxylic acids is 1. The number of hydrogen-bond donors (Lipinski definition) is 1. The third-order valence-electron chi connectivity index (χ3n) is 6.35. The molecule has 1 unspecified atom stereocenters. The molecule has 4 nitrogen and oxygen atoms in total. The molecular formula is C25H23ClN3O+. The second-order valence-electron chi connectivity index (χ2n) is 9.11. The number of nitriles is 2. The highest BCUT2D eigenvalue weighted by Gasteiger charge is 2.68. The van der Waals surface area contributed by atoms with Gasteiger partial charge in [0.25, 0.3) is 0 Å². The van der Waals surface area contributed by atoms with Crippen LogP contribution in [-0.2, 0) is 4.79 Å². The van der Waals surface area contributed by atoms with Gasteiger partial charge in [-0.1, -0.05) is 68.8 Å². The van der Waals surface area contributed by atoms with E-state index in [1.54, 1.807) is 12.1 Å². The lowest BCUT2D eigenvalue weighted by molar-refractivity contribution is -0.885. The Bertz CT molecular complexity index is 1100. The Morgan fingerprint density at radius 1 is 1.07 bits per heavy atom. The summed E-state index contributed by atoms with van der Waals surface area (Å²) in [4.78, 5) is 14.6. The minimum atomic E-state index is -1.39. The van der Waals surface area contributed by atoms with Crippen LogP contribution < -0.4 is 4.90 Å². The molecule has 0 amide bonds. The molecule has 4 atom stereocenters. The quantitative estimate of drug-likeness (QED) is 0.802. The lowest BCUT2D eigenvalue weighted by Gasteiger charge is -2.31. The Balaban J connectivity index is 2.02. The number of hydrogen-bond acceptors (Lipinski definition) is 3. The van der Waals surface area contributed by atoms with Gasteiger partial charge >= 0.3 is 0 Å². The van der Waals surface area contributed by atoms with E-state index in [1.807, 2.05) is 69.4 Å². The largest absolute Gasteiger partial charge is 0.292 e. The van der Waals surface area contributed by atoms with Gasteiger partial charge in [-0.25, -0.2) is 0 Å². The minimum Gasteiger partial charge on any atom is -0.292 e. The fraction of sp³-hybridized carbons (Fsp3) is 0.320. The van der Waals surface area contributed by atoms with Crippen LogP contribution in [-0.4, -0.2) is 11.8 Å². The van der Waals surface area contributed by atoms with Crippen molar-refractivity contribution >= 4 is 23.5 Å². The molecule has 1 saturated heterocycles. The molecule has 0 radical (unpaired) electrons. The Kier molecular flexibility index (Phi) is 4.82. The first kappa shape index (κ1) is 20.4. The maximum absolute atomic E-state index is 13.7. The zero-order chi connectivity index (χ0) is 21.7. The normalized spacial score (nSPS) is 26.2. The Hall–Kier alpha value is -2.92. The second-order valence-corrected chi connectivity index (χ2v) is 9.55. The van der Waals surface area contributed by atoms with Gasteiger partial charge in [0.05, 0.1) is 24.3 Å². The van der Waals surface area contributed by atoms with Crippen LogP contribution in [0.5, 0.6) is 0 Å². The van der Waals surface area contributed by atoms with Crippen molar-refractivity contribution in [1.29, 1.82) is 10.5 Å². The number of Topliss-reactive ketones (excluding diaryl/α,β-unsaturated/α-hetero) is 1. The van der Waals surface area contributed by atoms with Crippen LogP contribution in [0.2, 0.25) is 5.02 Å². The maximum Gasteiger partial charge on any atom is 0.212 e. The second kappa shape index (κ2) is 7.10. The first-order valence-corrected chi connectivity index (χ1v) is 10.4. The highest BCUT2D eigenvalue weighted by Crippen LogP contribution is 2.52. The Labute approximate surface area is 182 Å². The van der Waals surface area contributed by atoms with Crippen molar-refractivity contribution in [2.75, 3.05) is 0 Å². The molecule has 30 heavy (non-hydrogen) atoms. The van der Waals surface area contributed by atoms with Gasteiger partial charge in [-0.3, -0.25) is 9.69 Å². The van der Waals surface area contributed by atoms with Crippen LogP contribution in [0.3, 0.4) is 0 Å². The molecule has 1 N–H and O–H groups in total. The van der Waals surface area contributed by atoms with Gasteiger partial charge in [-0.05, 0) is 29.3 Å². The van der Waals surface area contributed by atoms with E-state index in [2.05, 4.69) is 12.1 Å². The van der Waals surface area contributed by atoms with Crippen LogP contribution >= 0.6 is 11.6 Å². The minimum absolute atomic E-state index is 0.0406. The van der Waals surface area contributed by atoms with Gasteiger partial charge < -0.3 is 0 Å². The third kappa shape index (κ3) is 2.88. The number of nitrogens with one attached hydrogen (secondary N) is 1. The van der Waals surface area contributed by atoms with E-state index in [9.17, 15) is 15.3 Å². The predicted octanol–water partition coefficient (Wildman–Crippen LogP) is 4.07. The summed E-state index contributed by atoms with van der Waals surface area (Å²) in [6.45, 7) is 5.68. The first-order valence-electron chi connectivity index (χ1n) is 10.0. The molecule has 0 aliphatic carbocycles. The van der Waals surface area contributed by atoms with Crippen molar-refractivity contribution < 1.29 is 9.69 Å². The number of rotatable bonds is 2. The van der Waals surface area contributed by atoms with Crippen LogP contribution in [0.1, 0.15) is 49.4 Å². The smallest absolute Gasteiger partial charge is 0.212 e. The summed E-state index contributed by atoms with van der Waals surface area (Å²) < 4.78 is 0. The van der Waals surface area contributed by atoms with E-state index >= 15 is 0 Å². The molecule has 5 heteroatoms. The van der Waals surface area contributed by atoms with Crippen LogP contribution in [0.4, 0.5) is 0 Å². The molecule has 0 bridgehead atoms. The van der Waals surface area contributed by atoms with E-state index in [0.29, 0.717) is 5.02 Å². The number of halogens is 1. The SMILES string of the molecule is CC(C)(C)C(=O)[C@H]1[C@H](c2ccc(Cl)cc2)C(C#N)(C#N)[C@@H]2c3ccccc3C=C[NH+]21. The van der Waals surface area contributed by atoms with Gasteiger partial charge in [0.1, 0.15) is 0 Å². The molecule has 2 aliphatic heterocycles. The van der Waals surface area contributed by atoms with Crippen molar-refractivity contribution in [2.45, 2.75) is 38.8 Å². The number of quaternary nitrogens is 1. The van der Waals surface area contributed by atoms with Crippen molar-refractivity contribution in [3.8, 4) is 12.1 Å². The highest BCUT2D eigenvalue weighted by molar-refractivity contribution is 6.30. The van der Waals surface area contributed by atoms with E-state index < -0.39 is 28.8 Å². The predicted molar refractivity (Wildman–Crippen MR) is 115 cm³/mol. The summed E-state index contributed by atoms with van der Waals surface area (Å²) in [5.41, 5.74) is 0.702. The van der Waals surface area contributed by atoms with Crippen molar-refractivity contribution in [1.82, 2.24) is 0 Å². The van der Waals surface area contributed by atoms with E-state index in [0.717, 1.165) is 21.6 Å². The molecule has 0 saturated carbocycles. The van der Waals surface area contributed by atoms with Gasteiger partial charge in [-0.2, -0.15) is 10.5 Å². The Morgan fingerprint density at radius 3 is 2.30 bits per heavy atom. The van der Waals surface area contributed by atoms with Crippen LogP contribution in [0.15, 0.2) is 54.7 Å². The number of ketones is 1. The van der Waals surface area contributed by atoms with Crippen molar-refractivity contribution in [2.24, 2.45) is 10.8 Å². The Morgan fingerprint density at radius 2 is 1.70 bits per heavy atom. The molecule has 0 spiro atoms. The molecule has 2 aliphatic rings. The molecule has 4 rings (SSSR count). The fourth-order valence-electron chi connectivity index (χ4n) is 5.00. The molecule has 2 heterocycles. The number of carbonyl (C=O) groups is 1. The summed E-state index contributed by atoms with van der Waals surface area (Å²) in [6, 6.07) is 18.7. The summed E-state index contributed by atoms with van der Waals surface area (Å²) in [6.07, 6.45) is 3.95. The van der Waals surface area contributed by atoms with E-state index in [-0.39, 0.29) is 5.78 Å². The summed E-state index contributed by atoms with van der Waals surface area (Å²) >= 11 is 6.10. The van der Waals surface area contributed by atoms with Crippen molar-refractivity contribution in [3.63, 3.8) is 0 Å². The number of fused-ring (bicyclic) bond motifs is 3. The standard InChI is InChI=1S/C25H22ClN3O/c1-24(2,3)23(30)21-20(17-8-10-18(26)11-9-17)25(14-27,15-28)22-19-7-5-4-6-16(19)12-13-29(21)22/h4-13,20-22H,1-3H3/p+1/t20-,21+,22-/m0/s1. The third-order valence-corrected chi connectivity index (χ3v) is 6.61. The summed E-state index contributed by atoms with van der Waals surface area (Å²) in [5, 5.41) is 21.4. The molecule has 1 fully saturated rings. The fourth-order valence-corrected chi connectivity index (χ4v) is 5.13. The zero-order valence-electron chi connectivity index (χ0n) is 17.2. The summed E-state index contributed by atoms with van der Waals surface area (Å²) in [7, 11) is 0. The van der Waals surface area contributed by atoms with Gasteiger partial charge in [0.2, 0.25) is 5.41 Å².